The third-order valence-electron chi connectivity index (χ3n) is 4.88. The molecular formula is C17H26N2. The molecule has 2 aliphatic rings. The molecule has 0 radical (unpaired) electrons. The van der Waals surface area contributed by atoms with Gasteiger partial charge in [-0.2, -0.15) is 0 Å². The summed E-state index contributed by atoms with van der Waals surface area (Å²) in [6.45, 7) is 4.60. The predicted molar refractivity (Wildman–Crippen MR) is 81.5 cm³/mol. The van der Waals surface area contributed by atoms with Gasteiger partial charge in [0.25, 0.3) is 0 Å². The van der Waals surface area contributed by atoms with E-state index in [1.165, 1.54) is 48.9 Å². The predicted octanol–water partition coefficient (Wildman–Crippen LogP) is 3.67. The van der Waals surface area contributed by atoms with Gasteiger partial charge in [-0.05, 0) is 43.4 Å². The van der Waals surface area contributed by atoms with Crippen LogP contribution in [0, 0.1) is 5.92 Å². The lowest BCUT2D eigenvalue weighted by Gasteiger charge is -2.34. The number of para-hydroxylation sites is 1. The van der Waals surface area contributed by atoms with Gasteiger partial charge >= 0.3 is 0 Å². The molecule has 1 saturated carbocycles. The molecule has 0 aromatic heterocycles. The average molecular weight is 258 g/mol. The molecule has 2 nitrogen and oxygen atoms in total. The number of nitrogens with one attached hydrogen (secondary N) is 1. The monoisotopic (exact) mass is 258 g/mol. The van der Waals surface area contributed by atoms with Gasteiger partial charge in [-0.15, -0.1) is 0 Å². The van der Waals surface area contributed by atoms with Crippen LogP contribution in [0.3, 0.4) is 0 Å². The Hall–Kier alpha value is -1.02. The molecule has 2 unspecified atom stereocenters. The maximum Gasteiger partial charge on any atom is 0.0419 e. The van der Waals surface area contributed by atoms with Crippen LogP contribution in [-0.2, 0) is 13.0 Å². The summed E-state index contributed by atoms with van der Waals surface area (Å²) in [6, 6.07) is 7.56. The summed E-state index contributed by atoms with van der Waals surface area (Å²) >= 11 is 0. The van der Waals surface area contributed by atoms with Crippen LogP contribution in [-0.4, -0.2) is 24.5 Å². The highest BCUT2D eigenvalue weighted by molar-refractivity contribution is 5.61. The van der Waals surface area contributed by atoms with Crippen LogP contribution in [0.2, 0.25) is 0 Å². The number of hydrogen-bond acceptors (Lipinski definition) is 2. The van der Waals surface area contributed by atoms with Crippen LogP contribution in [0.15, 0.2) is 18.2 Å². The minimum absolute atomic E-state index is 0.779. The minimum atomic E-state index is 0.779. The molecule has 3 rings (SSSR count). The number of rotatable bonds is 3. The van der Waals surface area contributed by atoms with E-state index in [0.29, 0.717) is 0 Å². The molecule has 104 valence electrons. The van der Waals surface area contributed by atoms with E-state index in [-0.39, 0.29) is 0 Å². The second-order valence-electron chi connectivity index (χ2n) is 6.47. The fourth-order valence-electron chi connectivity index (χ4n) is 3.74. The van der Waals surface area contributed by atoms with Gasteiger partial charge in [0.2, 0.25) is 0 Å². The molecule has 1 fully saturated rings. The van der Waals surface area contributed by atoms with Gasteiger partial charge in [-0.1, -0.05) is 38.0 Å². The zero-order valence-electron chi connectivity index (χ0n) is 12.3. The highest BCUT2D eigenvalue weighted by Crippen LogP contribution is 2.30. The molecule has 0 saturated heterocycles. The SMILES string of the molecule is CC1CCCC(N(C)Cc2cccc3c2NCC3)C1. The van der Waals surface area contributed by atoms with Gasteiger partial charge in [0.15, 0.2) is 0 Å². The van der Waals surface area contributed by atoms with Crippen LogP contribution >= 0.6 is 0 Å². The van der Waals surface area contributed by atoms with Crippen molar-refractivity contribution in [2.45, 2.75) is 51.6 Å². The van der Waals surface area contributed by atoms with Crippen molar-refractivity contribution in [1.29, 1.82) is 0 Å². The van der Waals surface area contributed by atoms with Crippen molar-refractivity contribution >= 4 is 5.69 Å². The van der Waals surface area contributed by atoms with Crippen molar-refractivity contribution in [1.82, 2.24) is 4.90 Å². The van der Waals surface area contributed by atoms with Crippen molar-refractivity contribution in [3.63, 3.8) is 0 Å². The number of nitrogens with zero attached hydrogens (tertiary/aromatic N) is 1. The number of anilines is 1. The van der Waals surface area contributed by atoms with Crippen LogP contribution in [0.4, 0.5) is 5.69 Å². The first-order chi connectivity index (χ1) is 9.24. The van der Waals surface area contributed by atoms with E-state index in [9.17, 15) is 0 Å². The van der Waals surface area contributed by atoms with E-state index < -0.39 is 0 Å². The Balaban J connectivity index is 1.69. The van der Waals surface area contributed by atoms with E-state index in [0.717, 1.165) is 25.0 Å². The highest BCUT2D eigenvalue weighted by atomic mass is 15.1. The summed E-state index contributed by atoms with van der Waals surface area (Å²) in [7, 11) is 2.30. The first-order valence-electron chi connectivity index (χ1n) is 7.79. The van der Waals surface area contributed by atoms with Crippen molar-refractivity contribution < 1.29 is 0 Å². The second kappa shape index (κ2) is 5.54. The number of benzene rings is 1. The summed E-state index contributed by atoms with van der Waals surface area (Å²) < 4.78 is 0. The van der Waals surface area contributed by atoms with Gasteiger partial charge in [-0.3, -0.25) is 4.90 Å². The lowest BCUT2D eigenvalue weighted by atomic mass is 9.86. The van der Waals surface area contributed by atoms with Gasteiger partial charge in [0.1, 0.15) is 0 Å². The molecule has 1 heterocycles. The Kier molecular flexibility index (Phi) is 3.79. The Morgan fingerprint density at radius 1 is 1.32 bits per heavy atom. The van der Waals surface area contributed by atoms with Gasteiger partial charge in [0.05, 0.1) is 0 Å². The molecule has 1 aliphatic carbocycles. The highest BCUT2D eigenvalue weighted by Gasteiger charge is 2.23. The topological polar surface area (TPSA) is 15.3 Å². The molecule has 2 heteroatoms. The van der Waals surface area contributed by atoms with Crippen LogP contribution in [0.25, 0.3) is 0 Å². The molecule has 1 aromatic carbocycles. The Morgan fingerprint density at radius 2 is 2.21 bits per heavy atom. The van der Waals surface area contributed by atoms with Crippen molar-refractivity contribution in [2.75, 3.05) is 18.9 Å². The lowest BCUT2D eigenvalue weighted by Crippen LogP contribution is -2.35. The standard InChI is InChI=1S/C17H26N2/c1-13-5-3-8-16(11-13)19(2)12-15-7-4-6-14-9-10-18-17(14)15/h4,6-7,13,16,18H,3,5,8-12H2,1-2H3. The second-order valence-corrected chi connectivity index (χ2v) is 6.47. The molecular weight excluding hydrogens is 232 g/mol. The fraction of sp³-hybridized carbons (Fsp3) is 0.647. The zero-order valence-corrected chi connectivity index (χ0v) is 12.3. The molecule has 2 atom stereocenters. The molecule has 1 N–H and O–H groups in total. The first-order valence-corrected chi connectivity index (χ1v) is 7.79. The summed E-state index contributed by atoms with van der Waals surface area (Å²) in [4.78, 5) is 2.57. The molecule has 19 heavy (non-hydrogen) atoms. The first kappa shape index (κ1) is 13.0. The van der Waals surface area contributed by atoms with E-state index in [4.69, 9.17) is 0 Å². The Morgan fingerprint density at radius 3 is 3.05 bits per heavy atom. The van der Waals surface area contributed by atoms with Gasteiger partial charge in [0, 0.05) is 24.8 Å². The zero-order chi connectivity index (χ0) is 13.2. The Labute approximate surface area is 117 Å². The maximum absolute atomic E-state index is 3.56. The summed E-state index contributed by atoms with van der Waals surface area (Å²) in [6.07, 6.45) is 6.77. The van der Waals surface area contributed by atoms with Crippen molar-refractivity contribution in [3.05, 3.63) is 29.3 Å². The summed E-state index contributed by atoms with van der Waals surface area (Å²) in [5.41, 5.74) is 4.40. The molecule has 1 aliphatic heterocycles. The largest absolute Gasteiger partial charge is 0.384 e. The third-order valence-corrected chi connectivity index (χ3v) is 4.88. The normalized spacial score (nSPS) is 26.3. The molecule has 0 bridgehead atoms. The van der Waals surface area contributed by atoms with Crippen molar-refractivity contribution in [3.8, 4) is 0 Å². The van der Waals surface area contributed by atoms with Gasteiger partial charge in [-0.25, -0.2) is 0 Å². The average Bonchev–Trinajstić information content (AvgIpc) is 2.88. The van der Waals surface area contributed by atoms with Crippen molar-refractivity contribution in [2.24, 2.45) is 5.92 Å². The van der Waals surface area contributed by atoms with Crippen LogP contribution in [0.5, 0.6) is 0 Å². The summed E-state index contributed by atoms with van der Waals surface area (Å²) in [5, 5.41) is 3.56. The Bertz CT molecular complexity index is 441. The maximum atomic E-state index is 3.56. The van der Waals surface area contributed by atoms with E-state index in [2.05, 4.69) is 42.4 Å². The van der Waals surface area contributed by atoms with Crippen LogP contribution in [0.1, 0.15) is 43.7 Å². The smallest absolute Gasteiger partial charge is 0.0419 e. The number of hydrogen-bond donors (Lipinski definition) is 1. The van der Waals surface area contributed by atoms with Gasteiger partial charge < -0.3 is 5.32 Å². The van der Waals surface area contributed by atoms with E-state index >= 15 is 0 Å². The number of fused-ring (bicyclic) bond motifs is 1. The van der Waals surface area contributed by atoms with E-state index in [1.807, 2.05) is 0 Å². The van der Waals surface area contributed by atoms with Crippen LogP contribution < -0.4 is 5.32 Å². The quantitative estimate of drug-likeness (QED) is 0.890. The lowest BCUT2D eigenvalue weighted by molar-refractivity contribution is 0.158. The third kappa shape index (κ3) is 2.79. The van der Waals surface area contributed by atoms with E-state index in [1.54, 1.807) is 0 Å². The fourth-order valence-corrected chi connectivity index (χ4v) is 3.74. The minimum Gasteiger partial charge on any atom is -0.384 e. The molecule has 1 aromatic rings. The molecule has 0 amide bonds. The molecule has 0 spiro atoms. The summed E-state index contributed by atoms with van der Waals surface area (Å²) in [5.74, 6) is 0.904.